The number of benzene rings is 2. The smallest absolute Gasteiger partial charge is 0.407 e. The Kier molecular flexibility index (Phi) is 7.51. The number of alkyl carbamates (subject to hydrolysis) is 1. The largest absolute Gasteiger partial charge is 0.481 e. The second-order valence-electron chi connectivity index (χ2n) is 8.40. The van der Waals surface area contributed by atoms with E-state index in [9.17, 15) is 14.4 Å². The highest BCUT2D eigenvalue weighted by atomic mass is 16.5. The molecule has 7 heteroatoms. The third-order valence-electron chi connectivity index (χ3n) is 5.83. The van der Waals surface area contributed by atoms with Crippen LogP contribution in [0.1, 0.15) is 50.7 Å². The molecule has 3 rings (SSSR count). The summed E-state index contributed by atoms with van der Waals surface area (Å²) in [5.41, 5.74) is 4.50. The molecule has 2 aromatic carbocycles. The van der Waals surface area contributed by atoms with E-state index in [1.54, 1.807) is 6.92 Å². The van der Waals surface area contributed by atoms with Crippen molar-refractivity contribution < 1.29 is 24.2 Å². The molecule has 170 valence electrons. The van der Waals surface area contributed by atoms with E-state index in [1.165, 1.54) is 0 Å². The molecule has 2 atom stereocenters. The van der Waals surface area contributed by atoms with E-state index in [-0.39, 0.29) is 24.9 Å². The highest BCUT2D eigenvalue weighted by Crippen LogP contribution is 2.44. The maximum atomic E-state index is 12.7. The molecule has 0 unspecified atom stereocenters. The summed E-state index contributed by atoms with van der Waals surface area (Å²) < 4.78 is 5.54. The molecule has 0 aromatic heterocycles. The van der Waals surface area contributed by atoms with Crippen LogP contribution >= 0.6 is 0 Å². The summed E-state index contributed by atoms with van der Waals surface area (Å²) in [7, 11) is 0. The molecule has 0 heterocycles. The van der Waals surface area contributed by atoms with Crippen LogP contribution in [0.4, 0.5) is 4.79 Å². The molecule has 1 aliphatic carbocycles. The third kappa shape index (κ3) is 5.28. The molecule has 1 aliphatic rings. The summed E-state index contributed by atoms with van der Waals surface area (Å²) in [6.07, 6.45) is -0.363. The Bertz CT molecular complexity index is 942. The Morgan fingerprint density at radius 1 is 0.969 bits per heavy atom. The number of hydrogen-bond donors (Lipinski definition) is 3. The summed E-state index contributed by atoms with van der Waals surface area (Å²) in [6.45, 7) is 5.58. The van der Waals surface area contributed by atoms with Crippen LogP contribution in [0.15, 0.2) is 48.5 Å². The summed E-state index contributed by atoms with van der Waals surface area (Å²) >= 11 is 0. The van der Waals surface area contributed by atoms with Crippen LogP contribution in [0.2, 0.25) is 0 Å². The Labute approximate surface area is 188 Å². The van der Waals surface area contributed by atoms with Gasteiger partial charge in [0.25, 0.3) is 0 Å². The average Bonchev–Trinajstić information content (AvgIpc) is 3.08. The van der Waals surface area contributed by atoms with Crippen LogP contribution in [-0.2, 0) is 14.3 Å². The van der Waals surface area contributed by atoms with Crippen molar-refractivity contribution >= 4 is 18.0 Å². The van der Waals surface area contributed by atoms with Crippen LogP contribution < -0.4 is 10.6 Å². The van der Waals surface area contributed by atoms with E-state index in [1.807, 2.05) is 50.2 Å². The number of amides is 2. The third-order valence-corrected chi connectivity index (χ3v) is 5.83. The second kappa shape index (κ2) is 10.3. The molecule has 7 nitrogen and oxygen atoms in total. The van der Waals surface area contributed by atoms with Crippen molar-refractivity contribution in [2.75, 3.05) is 6.61 Å². The fourth-order valence-corrected chi connectivity index (χ4v) is 4.10. The van der Waals surface area contributed by atoms with Crippen molar-refractivity contribution in [3.63, 3.8) is 0 Å². The lowest BCUT2D eigenvalue weighted by molar-refractivity contribution is -0.137. The van der Waals surface area contributed by atoms with Crippen molar-refractivity contribution in [3.8, 4) is 11.1 Å². The van der Waals surface area contributed by atoms with Crippen molar-refractivity contribution in [2.45, 2.75) is 51.6 Å². The van der Waals surface area contributed by atoms with E-state index in [2.05, 4.69) is 22.8 Å². The zero-order valence-electron chi connectivity index (χ0n) is 18.6. The zero-order valence-corrected chi connectivity index (χ0v) is 18.6. The molecular weight excluding hydrogens is 408 g/mol. The number of carbonyl (C=O) groups excluding carboxylic acids is 2. The Morgan fingerprint density at radius 3 is 2.03 bits per heavy atom. The minimum Gasteiger partial charge on any atom is -0.481 e. The molecule has 3 N–H and O–H groups in total. The Morgan fingerprint density at radius 2 is 1.53 bits per heavy atom. The minimum atomic E-state index is -0.984. The quantitative estimate of drug-likeness (QED) is 0.550. The van der Waals surface area contributed by atoms with Gasteiger partial charge in [-0.3, -0.25) is 9.59 Å². The van der Waals surface area contributed by atoms with Gasteiger partial charge < -0.3 is 20.5 Å². The maximum absolute atomic E-state index is 12.7. The number of aliphatic carboxylic acids is 1. The van der Waals surface area contributed by atoms with E-state index < -0.39 is 30.1 Å². The van der Waals surface area contributed by atoms with Crippen LogP contribution in [0.5, 0.6) is 0 Å². The van der Waals surface area contributed by atoms with Gasteiger partial charge in [0.05, 0.1) is 6.42 Å². The van der Waals surface area contributed by atoms with E-state index in [0.29, 0.717) is 6.42 Å². The maximum Gasteiger partial charge on any atom is 0.407 e. The zero-order chi connectivity index (χ0) is 23.3. The van der Waals surface area contributed by atoms with Crippen LogP contribution in [0.25, 0.3) is 11.1 Å². The predicted octanol–water partition coefficient (Wildman–Crippen LogP) is 3.92. The summed E-state index contributed by atoms with van der Waals surface area (Å²) in [5, 5.41) is 14.4. The van der Waals surface area contributed by atoms with Gasteiger partial charge in [0.15, 0.2) is 0 Å². The molecule has 0 saturated carbocycles. The number of carbonyl (C=O) groups is 3. The molecule has 2 amide bonds. The van der Waals surface area contributed by atoms with Crippen molar-refractivity contribution in [3.05, 3.63) is 59.7 Å². The van der Waals surface area contributed by atoms with Gasteiger partial charge in [-0.1, -0.05) is 69.3 Å². The normalized spacial score (nSPS) is 14.2. The first-order valence-corrected chi connectivity index (χ1v) is 11.0. The fraction of sp³-hybridized carbons (Fsp3) is 0.400. The van der Waals surface area contributed by atoms with Crippen molar-refractivity contribution in [1.82, 2.24) is 10.6 Å². The highest BCUT2D eigenvalue weighted by molar-refractivity contribution is 5.86. The van der Waals surface area contributed by atoms with Gasteiger partial charge in [0, 0.05) is 12.0 Å². The van der Waals surface area contributed by atoms with Gasteiger partial charge in [0.1, 0.15) is 12.6 Å². The molecule has 32 heavy (non-hydrogen) atoms. The topological polar surface area (TPSA) is 105 Å². The fourth-order valence-electron chi connectivity index (χ4n) is 4.10. The lowest BCUT2D eigenvalue weighted by Crippen LogP contribution is -2.52. The van der Waals surface area contributed by atoms with Gasteiger partial charge in [-0.25, -0.2) is 4.79 Å². The number of fused-ring (bicyclic) bond motifs is 3. The Balaban J connectivity index is 1.64. The molecule has 0 bridgehead atoms. The first-order valence-electron chi connectivity index (χ1n) is 11.0. The lowest BCUT2D eigenvalue weighted by Gasteiger charge is -2.24. The highest BCUT2D eigenvalue weighted by Gasteiger charge is 2.31. The molecule has 0 aliphatic heterocycles. The van der Waals surface area contributed by atoms with Crippen LogP contribution in [0, 0.1) is 5.92 Å². The summed E-state index contributed by atoms with van der Waals surface area (Å²) in [5.74, 6) is -1.67. The minimum absolute atomic E-state index is 0.0699. The first kappa shape index (κ1) is 23.3. The Hall–Kier alpha value is -3.35. The summed E-state index contributed by atoms with van der Waals surface area (Å²) in [6, 6.07) is 14.8. The van der Waals surface area contributed by atoms with Crippen LogP contribution in [0.3, 0.4) is 0 Å². The molecular formula is C25H30N2O5. The van der Waals surface area contributed by atoms with Gasteiger partial charge in [-0.2, -0.15) is 0 Å². The number of carboxylic acid groups (broad SMARTS) is 1. The standard InChI is InChI=1S/C25H30N2O5/c1-4-16(13-22(28)29)26-24(30)23(15(2)3)27-25(31)32-14-21-19-11-7-5-9-17(19)18-10-6-8-12-20(18)21/h5-12,15-16,21,23H,4,13-14H2,1-3H3,(H,26,30)(H,27,31)(H,28,29)/t16-,23+/m1/s1. The van der Waals surface area contributed by atoms with E-state index >= 15 is 0 Å². The van der Waals surface area contributed by atoms with Crippen molar-refractivity contribution in [1.29, 1.82) is 0 Å². The van der Waals surface area contributed by atoms with Gasteiger partial charge in [0.2, 0.25) is 5.91 Å². The number of carboxylic acids is 1. The van der Waals surface area contributed by atoms with E-state index in [4.69, 9.17) is 9.84 Å². The molecule has 0 spiro atoms. The van der Waals surface area contributed by atoms with Crippen molar-refractivity contribution in [2.24, 2.45) is 5.92 Å². The number of nitrogens with one attached hydrogen (secondary N) is 2. The number of rotatable bonds is 9. The molecule has 0 radical (unpaired) electrons. The molecule has 0 saturated heterocycles. The average molecular weight is 439 g/mol. The first-order chi connectivity index (χ1) is 15.3. The number of ether oxygens (including phenoxy) is 1. The molecule has 2 aromatic rings. The number of hydrogen-bond acceptors (Lipinski definition) is 4. The van der Waals surface area contributed by atoms with Gasteiger partial charge in [-0.05, 0) is 34.6 Å². The summed E-state index contributed by atoms with van der Waals surface area (Å²) in [4.78, 5) is 36.2. The molecule has 0 fully saturated rings. The van der Waals surface area contributed by atoms with Gasteiger partial charge in [-0.15, -0.1) is 0 Å². The second-order valence-corrected chi connectivity index (χ2v) is 8.40. The predicted molar refractivity (Wildman–Crippen MR) is 121 cm³/mol. The van der Waals surface area contributed by atoms with Crippen LogP contribution in [-0.4, -0.2) is 41.8 Å². The SMILES string of the molecule is CC[C@H](CC(=O)O)NC(=O)[C@@H](NC(=O)OCC1c2ccccc2-c2ccccc21)C(C)C. The lowest BCUT2D eigenvalue weighted by atomic mass is 9.98. The monoisotopic (exact) mass is 438 g/mol. The van der Waals surface area contributed by atoms with Gasteiger partial charge >= 0.3 is 12.1 Å². The van der Waals surface area contributed by atoms with E-state index in [0.717, 1.165) is 22.3 Å².